The van der Waals surface area contributed by atoms with Gasteiger partial charge in [0.1, 0.15) is 5.69 Å². The lowest BCUT2D eigenvalue weighted by molar-refractivity contribution is 0.111. The first-order valence-corrected chi connectivity index (χ1v) is 3.25. The number of hydrogen-bond donors (Lipinski definition) is 1. The van der Waals surface area contributed by atoms with E-state index in [2.05, 4.69) is 10.3 Å². The number of aliphatic hydroxyl groups is 1. The fourth-order valence-corrected chi connectivity index (χ4v) is 0.790. The lowest BCUT2D eigenvalue weighted by Crippen LogP contribution is -2.05. The number of rotatable bonds is 3. The van der Waals surface area contributed by atoms with E-state index < -0.39 is 0 Å². The summed E-state index contributed by atoms with van der Waals surface area (Å²) in [6, 6.07) is 0. The predicted molar refractivity (Wildman–Crippen MR) is 37.2 cm³/mol. The highest BCUT2D eigenvalue weighted by molar-refractivity contribution is 5.72. The Kier molecular flexibility index (Phi) is 2.32. The minimum atomic E-state index is 0.00248. The van der Waals surface area contributed by atoms with E-state index in [1.807, 2.05) is 0 Å². The van der Waals surface area contributed by atoms with E-state index in [-0.39, 0.29) is 6.61 Å². The Morgan fingerprint density at radius 3 is 2.91 bits per heavy atom. The summed E-state index contributed by atoms with van der Waals surface area (Å²) in [7, 11) is 0. The third kappa shape index (κ3) is 1.43. The highest BCUT2D eigenvalue weighted by Crippen LogP contribution is 1.98. The number of nitrogens with zero attached hydrogens (tertiary/aromatic N) is 3. The summed E-state index contributed by atoms with van der Waals surface area (Å²) in [5.74, 6) is 0. The van der Waals surface area contributed by atoms with Gasteiger partial charge in [0.2, 0.25) is 0 Å². The molecule has 1 N–H and O–H groups in total. The molecule has 0 radical (unpaired) electrons. The molecule has 0 spiro atoms. The molecule has 1 aromatic heterocycles. The van der Waals surface area contributed by atoms with E-state index in [4.69, 9.17) is 5.11 Å². The largest absolute Gasteiger partial charge is 0.394 e. The van der Waals surface area contributed by atoms with Crippen molar-refractivity contribution >= 4 is 6.29 Å². The number of hydrogen-bond acceptors (Lipinski definition) is 4. The molecule has 0 aliphatic heterocycles. The monoisotopic (exact) mass is 155 g/mol. The van der Waals surface area contributed by atoms with Gasteiger partial charge in [-0.25, -0.2) is 4.68 Å². The van der Waals surface area contributed by atoms with Crippen LogP contribution in [0.3, 0.4) is 0 Å². The second-order valence-electron chi connectivity index (χ2n) is 2.12. The Morgan fingerprint density at radius 1 is 1.73 bits per heavy atom. The van der Waals surface area contributed by atoms with Crippen molar-refractivity contribution in [3.63, 3.8) is 0 Å². The highest BCUT2D eigenvalue weighted by Gasteiger charge is 2.05. The minimum Gasteiger partial charge on any atom is -0.394 e. The molecule has 5 heteroatoms. The summed E-state index contributed by atoms with van der Waals surface area (Å²) in [6.45, 7) is 2.12. The van der Waals surface area contributed by atoms with Crippen molar-refractivity contribution in [2.75, 3.05) is 6.61 Å². The van der Waals surface area contributed by atoms with Crippen LogP contribution in [-0.4, -0.2) is 33.0 Å². The molecule has 11 heavy (non-hydrogen) atoms. The van der Waals surface area contributed by atoms with Gasteiger partial charge in [-0.05, 0) is 6.92 Å². The molecule has 60 valence electrons. The molecule has 0 aliphatic rings. The first-order valence-electron chi connectivity index (χ1n) is 3.25. The molecular formula is C6H9N3O2. The van der Waals surface area contributed by atoms with Crippen LogP contribution in [0.1, 0.15) is 16.2 Å². The fourth-order valence-electron chi connectivity index (χ4n) is 0.790. The normalized spacial score (nSPS) is 10.0. The van der Waals surface area contributed by atoms with E-state index in [1.165, 1.54) is 4.68 Å². The van der Waals surface area contributed by atoms with Crippen molar-refractivity contribution in [3.05, 3.63) is 11.4 Å². The summed E-state index contributed by atoms with van der Waals surface area (Å²) in [4.78, 5) is 10.3. The van der Waals surface area contributed by atoms with Crippen molar-refractivity contribution in [2.24, 2.45) is 0 Å². The van der Waals surface area contributed by atoms with Gasteiger partial charge in [-0.1, -0.05) is 5.21 Å². The average Bonchev–Trinajstić information content (AvgIpc) is 2.34. The van der Waals surface area contributed by atoms with Crippen molar-refractivity contribution in [3.8, 4) is 0 Å². The third-order valence-electron chi connectivity index (χ3n) is 1.44. The van der Waals surface area contributed by atoms with Gasteiger partial charge in [0, 0.05) is 0 Å². The molecule has 0 aromatic carbocycles. The van der Waals surface area contributed by atoms with Gasteiger partial charge in [-0.3, -0.25) is 4.79 Å². The third-order valence-corrected chi connectivity index (χ3v) is 1.44. The summed E-state index contributed by atoms with van der Waals surface area (Å²) in [6.07, 6.45) is 0.649. The fraction of sp³-hybridized carbons (Fsp3) is 0.500. The van der Waals surface area contributed by atoms with Crippen LogP contribution in [0.2, 0.25) is 0 Å². The molecule has 5 nitrogen and oxygen atoms in total. The molecule has 0 bridgehead atoms. The second kappa shape index (κ2) is 3.25. The molecule has 0 amide bonds. The van der Waals surface area contributed by atoms with Crippen LogP contribution in [0.15, 0.2) is 0 Å². The summed E-state index contributed by atoms with van der Waals surface area (Å²) in [5, 5.41) is 15.8. The smallest absolute Gasteiger partial charge is 0.172 e. The van der Waals surface area contributed by atoms with Crippen LogP contribution >= 0.6 is 0 Å². The van der Waals surface area contributed by atoms with Crippen LogP contribution in [0, 0.1) is 6.92 Å². The Balaban J connectivity index is 2.90. The summed E-state index contributed by atoms with van der Waals surface area (Å²) >= 11 is 0. The molecule has 1 aromatic rings. The maximum absolute atomic E-state index is 10.3. The van der Waals surface area contributed by atoms with E-state index in [9.17, 15) is 4.79 Å². The van der Waals surface area contributed by atoms with Gasteiger partial charge in [0.15, 0.2) is 6.29 Å². The van der Waals surface area contributed by atoms with E-state index in [0.29, 0.717) is 24.2 Å². The zero-order valence-electron chi connectivity index (χ0n) is 6.19. The molecule has 0 saturated carbocycles. The van der Waals surface area contributed by atoms with Crippen LogP contribution in [0.4, 0.5) is 0 Å². The van der Waals surface area contributed by atoms with E-state index in [0.717, 1.165) is 0 Å². The average molecular weight is 155 g/mol. The lowest BCUT2D eigenvalue weighted by Gasteiger charge is -1.97. The molecule has 1 rings (SSSR count). The standard InChI is InChI=1S/C6H9N3O2/c1-5-6(4-11)7-8-9(5)2-3-10/h4,10H,2-3H2,1H3. The van der Waals surface area contributed by atoms with Gasteiger partial charge >= 0.3 is 0 Å². The van der Waals surface area contributed by atoms with Crippen molar-refractivity contribution < 1.29 is 9.90 Å². The summed E-state index contributed by atoms with van der Waals surface area (Å²) < 4.78 is 1.49. The SMILES string of the molecule is Cc1c(C=O)nnn1CCO. The number of carbonyl (C=O) groups is 1. The quantitative estimate of drug-likeness (QED) is 0.591. The van der Waals surface area contributed by atoms with Crippen LogP contribution in [-0.2, 0) is 6.54 Å². The molecule has 0 aliphatic carbocycles. The van der Waals surface area contributed by atoms with Crippen molar-refractivity contribution in [2.45, 2.75) is 13.5 Å². The lowest BCUT2D eigenvalue weighted by atomic mass is 10.4. The molecular weight excluding hydrogens is 146 g/mol. The van der Waals surface area contributed by atoms with Crippen molar-refractivity contribution in [1.82, 2.24) is 15.0 Å². The molecule has 0 fully saturated rings. The van der Waals surface area contributed by atoms with Gasteiger partial charge in [0.05, 0.1) is 18.8 Å². The zero-order valence-corrected chi connectivity index (χ0v) is 6.19. The topological polar surface area (TPSA) is 68.0 Å². The van der Waals surface area contributed by atoms with Crippen LogP contribution < -0.4 is 0 Å². The molecule has 0 atom stereocenters. The van der Waals surface area contributed by atoms with E-state index in [1.54, 1.807) is 6.92 Å². The zero-order chi connectivity index (χ0) is 8.27. The van der Waals surface area contributed by atoms with Crippen LogP contribution in [0.25, 0.3) is 0 Å². The van der Waals surface area contributed by atoms with Gasteiger partial charge in [-0.15, -0.1) is 5.10 Å². The first kappa shape index (κ1) is 7.87. The number of carbonyl (C=O) groups excluding carboxylic acids is 1. The Labute approximate surface area is 63.6 Å². The Hall–Kier alpha value is -1.23. The van der Waals surface area contributed by atoms with Gasteiger partial charge in [0.25, 0.3) is 0 Å². The summed E-state index contributed by atoms with van der Waals surface area (Å²) in [5.41, 5.74) is 1.02. The second-order valence-corrected chi connectivity index (χ2v) is 2.12. The number of aldehydes is 1. The molecule has 0 unspecified atom stereocenters. The molecule has 1 heterocycles. The maximum atomic E-state index is 10.3. The predicted octanol–water partition coefficient (Wildman–Crippen LogP) is -0.609. The highest BCUT2D eigenvalue weighted by atomic mass is 16.3. The minimum absolute atomic E-state index is 0.00248. The Morgan fingerprint density at radius 2 is 2.45 bits per heavy atom. The van der Waals surface area contributed by atoms with E-state index >= 15 is 0 Å². The van der Waals surface area contributed by atoms with Crippen molar-refractivity contribution in [1.29, 1.82) is 0 Å². The van der Waals surface area contributed by atoms with Gasteiger partial charge < -0.3 is 5.11 Å². The molecule has 0 saturated heterocycles. The van der Waals surface area contributed by atoms with Crippen LogP contribution in [0.5, 0.6) is 0 Å². The number of aliphatic hydroxyl groups excluding tert-OH is 1. The number of aromatic nitrogens is 3. The maximum Gasteiger partial charge on any atom is 0.172 e. The first-order chi connectivity index (χ1) is 5.29. The Bertz CT molecular complexity index is 256. The van der Waals surface area contributed by atoms with Gasteiger partial charge in [-0.2, -0.15) is 0 Å².